The predicted octanol–water partition coefficient (Wildman–Crippen LogP) is 4.70. The quantitative estimate of drug-likeness (QED) is 0.754. The number of nitrogens with one attached hydrogen (secondary N) is 1. The van der Waals surface area contributed by atoms with Crippen molar-refractivity contribution in [3.05, 3.63) is 70.4 Å². The number of halogens is 1. The second-order valence-corrected chi connectivity index (χ2v) is 5.35. The van der Waals surface area contributed by atoms with Crippen molar-refractivity contribution in [3.63, 3.8) is 0 Å². The molecule has 2 aromatic carbocycles. The molecule has 0 saturated carbocycles. The van der Waals surface area contributed by atoms with E-state index in [-0.39, 0.29) is 6.04 Å². The molecule has 1 N–H and O–H groups in total. The van der Waals surface area contributed by atoms with Gasteiger partial charge in [0.05, 0.1) is 11.1 Å². The first-order valence-corrected chi connectivity index (χ1v) is 6.98. The van der Waals surface area contributed by atoms with E-state index in [1.807, 2.05) is 31.3 Å². The molecule has 2 nitrogen and oxygen atoms in total. The number of aryl methyl sites for hydroxylation is 1. The molecule has 0 amide bonds. The van der Waals surface area contributed by atoms with E-state index in [1.54, 1.807) is 0 Å². The first kappa shape index (κ1) is 13.2. The Balaban J connectivity index is 2.07. The average Bonchev–Trinajstić information content (AvgIpc) is 2.87. The van der Waals surface area contributed by atoms with Crippen LogP contribution in [0.3, 0.4) is 0 Å². The molecule has 0 aliphatic rings. The summed E-state index contributed by atoms with van der Waals surface area (Å²) in [5.74, 6) is 0.874. The Morgan fingerprint density at radius 2 is 1.85 bits per heavy atom. The second kappa shape index (κ2) is 5.31. The molecule has 0 spiro atoms. The van der Waals surface area contributed by atoms with Crippen molar-refractivity contribution < 1.29 is 4.42 Å². The molecule has 3 rings (SSSR count). The van der Waals surface area contributed by atoms with Crippen LogP contribution in [0.4, 0.5) is 0 Å². The summed E-state index contributed by atoms with van der Waals surface area (Å²) in [6.07, 6.45) is 0. The van der Waals surface area contributed by atoms with Gasteiger partial charge in [0.25, 0.3) is 0 Å². The highest BCUT2D eigenvalue weighted by atomic mass is 35.5. The van der Waals surface area contributed by atoms with E-state index in [0.717, 1.165) is 16.7 Å². The van der Waals surface area contributed by atoms with Crippen LogP contribution in [0.15, 0.2) is 52.9 Å². The third-order valence-electron chi connectivity index (χ3n) is 3.50. The van der Waals surface area contributed by atoms with E-state index in [9.17, 15) is 0 Å². The Morgan fingerprint density at radius 1 is 1.10 bits per heavy atom. The lowest BCUT2D eigenvalue weighted by Gasteiger charge is -2.14. The standard InChI is InChI=1S/C17H16ClNO/c1-11-6-8-12(9-7-11)16(19-2)15-10-13-4-3-5-14(18)17(13)20-15/h3-10,16,19H,1-2H3. The lowest BCUT2D eigenvalue weighted by Crippen LogP contribution is -2.16. The number of hydrogen-bond acceptors (Lipinski definition) is 2. The van der Waals surface area contributed by atoms with Gasteiger partial charge >= 0.3 is 0 Å². The van der Waals surface area contributed by atoms with Crippen LogP contribution >= 0.6 is 11.6 Å². The van der Waals surface area contributed by atoms with Gasteiger partial charge in [0.15, 0.2) is 5.58 Å². The number of para-hydroxylation sites is 1. The molecule has 0 bridgehead atoms. The maximum atomic E-state index is 6.17. The zero-order valence-corrected chi connectivity index (χ0v) is 12.2. The monoisotopic (exact) mass is 285 g/mol. The van der Waals surface area contributed by atoms with Crippen LogP contribution < -0.4 is 5.32 Å². The average molecular weight is 286 g/mol. The van der Waals surface area contributed by atoms with Crippen molar-refractivity contribution in [1.82, 2.24) is 5.32 Å². The van der Waals surface area contributed by atoms with Crippen molar-refractivity contribution in [2.45, 2.75) is 13.0 Å². The SMILES string of the molecule is CNC(c1ccc(C)cc1)c1cc2cccc(Cl)c2o1. The topological polar surface area (TPSA) is 25.2 Å². The second-order valence-electron chi connectivity index (χ2n) is 4.94. The molecule has 0 saturated heterocycles. The summed E-state index contributed by atoms with van der Waals surface area (Å²) in [6.45, 7) is 2.08. The molecule has 1 unspecified atom stereocenters. The Bertz CT molecular complexity index is 730. The van der Waals surface area contributed by atoms with E-state index in [2.05, 4.69) is 36.5 Å². The third kappa shape index (κ3) is 2.33. The van der Waals surface area contributed by atoms with E-state index < -0.39 is 0 Å². The summed E-state index contributed by atoms with van der Waals surface area (Å²) in [4.78, 5) is 0. The van der Waals surface area contributed by atoms with Gasteiger partial charge in [0.2, 0.25) is 0 Å². The fourth-order valence-corrected chi connectivity index (χ4v) is 2.64. The van der Waals surface area contributed by atoms with E-state index in [1.165, 1.54) is 11.1 Å². The summed E-state index contributed by atoms with van der Waals surface area (Å²) in [6, 6.07) is 16.3. The van der Waals surface area contributed by atoms with Gasteiger partial charge in [-0.3, -0.25) is 0 Å². The van der Waals surface area contributed by atoms with Crippen LogP contribution in [-0.4, -0.2) is 7.05 Å². The van der Waals surface area contributed by atoms with Gasteiger partial charge < -0.3 is 9.73 Å². The number of hydrogen-bond donors (Lipinski definition) is 1. The normalized spacial score (nSPS) is 12.8. The maximum Gasteiger partial charge on any atom is 0.152 e. The van der Waals surface area contributed by atoms with Crippen molar-refractivity contribution in [2.75, 3.05) is 7.05 Å². The van der Waals surface area contributed by atoms with Crippen molar-refractivity contribution in [3.8, 4) is 0 Å². The molecule has 0 fully saturated rings. The summed E-state index contributed by atoms with van der Waals surface area (Å²) in [7, 11) is 1.93. The molecule has 102 valence electrons. The smallest absolute Gasteiger partial charge is 0.152 e. The molecule has 0 radical (unpaired) electrons. The Morgan fingerprint density at radius 3 is 2.50 bits per heavy atom. The molecule has 1 aromatic heterocycles. The largest absolute Gasteiger partial charge is 0.457 e. The third-order valence-corrected chi connectivity index (χ3v) is 3.80. The van der Waals surface area contributed by atoms with Crippen LogP contribution in [0.25, 0.3) is 11.0 Å². The molecular weight excluding hydrogens is 270 g/mol. The summed E-state index contributed by atoms with van der Waals surface area (Å²) >= 11 is 6.17. The lowest BCUT2D eigenvalue weighted by molar-refractivity contribution is 0.491. The van der Waals surface area contributed by atoms with E-state index in [0.29, 0.717) is 5.02 Å². The fraction of sp³-hybridized carbons (Fsp3) is 0.176. The van der Waals surface area contributed by atoms with Crippen LogP contribution in [0.1, 0.15) is 22.9 Å². The maximum absolute atomic E-state index is 6.17. The Kier molecular flexibility index (Phi) is 3.51. The zero-order chi connectivity index (χ0) is 14.1. The van der Waals surface area contributed by atoms with Crippen LogP contribution in [0.5, 0.6) is 0 Å². The highest BCUT2D eigenvalue weighted by Crippen LogP contribution is 2.31. The van der Waals surface area contributed by atoms with Gasteiger partial charge in [0, 0.05) is 5.39 Å². The molecule has 3 aromatic rings. The van der Waals surface area contributed by atoms with Gasteiger partial charge in [-0.05, 0) is 31.7 Å². The van der Waals surface area contributed by atoms with Crippen molar-refractivity contribution in [2.24, 2.45) is 0 Å². The molecule has 0 aliphatic heterocycles. The minimum Gasteiger partial charge on any atom is -0.457 e. The Labute approximate surface area is 123 Å². The van der Waals surface area contributed by atoms with Gasteiger partial charge in [-0.2, -0.15) is 0 Å². The van der Waals surface area contributed by atoms with Gasteiger partial charge in [-0.25, -0.2) is 0 Å². The first-order valence-electron chi connectivity index (χ1n) is 6.61. The molecule has 1 atom stereocenters. The van der Waals surface area contributed by atoms with Gasteiger partial charge in [-0.15, -0.1) is 0 Å². The van der Waals surface area contributed by atoms with E-state index in [4.69, 9.17) is 16.0 Å². The van der Waals surface area contributed by atoms with Gasteiger partial charge in [-0.1, -0.05) is 53.6 Å². The summed E-state index contributed by atoms with van der Waals surface area (Å²) < 4.78 is 5.94. The molecule has 3 heteroatoms. The van der Waals surface area contributed by atoms with Crippen molar-refractivity contribution in [1.29, 1.82) is 0 Å². The number of fused-ring (bicyclic) bond motifs is 1. The van der Waals surface area contributed by atoms with Crippen molar-refractivity contribution >= 4 is 22.6 Å². The molecule has 1 heterocycles. The highest BCUT2D eigenvalue weighted by Gasteiger charge is 2.17. The predicted molar refractivity (Wildman–Crippen MR) is 83.3 cm³/mol. The highest BCUT2D eigenvalue weighted by molar-refractivity contribution is 6.34. The van der Waals surface area contributed by atoms with Crippen LogP contribution in [0, 0.1) is 6.92 Å². The van der Waals surface area contributed by atoms with Gasteiger partial charge in [0.1, 0.15) is 5.76 Å². The molecular formula is C17H16ClNO. The summed E-state index contributed by atoms with van der Waals surface area (Å²) in [5.41, 5.74) is 3.17. The Hall–Kier alpha value is -1.77. The minimum absolute atomic E-state index is 0.0269. The minimum atomic E-state index is 0.0269. The summed E-state index contributed by atoms with van der Waals surface area (Å²) in [5, 5.41) is 4.97. The lowest BCUT2D eigenvalue weighted by atomic mass is 10.0. The van der Waals surface area contributed by atoms with E-state index >= 15 is 0 Å². The van der Waals surface area contributed by atoms with Crippen LogP contribution in [0.2, 0.25) is 5.02 Å². The number of benzene rings is 2. The number of furan rings is 1. The fourth-order valence-electron chi connectivity index (χ4n) is 2.42. The first-order chi connectivity index (χ1) is 9.69. The zero-order valence-electron chi connectivity index (χ0n) is 11.5. The number of rotatable bonds is 3. The molecule has 0 aliphatic carbocycles. The van der Waals surface area contributed by atoms with Crippen LogP contribution in [-0.2, 0) is 0 Å². The molecule has 20 heavy (non-hydrogen) atoms.